The second-order valence-corrected chi connectivity index (χ2v) is 19.7. The van der Waals surface area contributed by atoms with Crippen molar-refractivity contribution in [3.8, 4) is 48.8 Å². The van der Waals surface area contributed by atoms with Gasteiger partial charge in [0.25, 0.3) is 0 Å². The zero-order valence-electron chi connectivity index (χ0n) is 26.1. The number of rotatable bonds is 16. The summed E-state index contributed by atoms with van der Waals surface area (Å²) in [5.74, 6) is 0. The van der Waals surface area contributed by atoms with Crippen LogP contribution in [0.4, 0.5) is 0 Å². The number of hydrogen-bond acceptors (Lipinski definition) is 7. The lowest BCUT2D eigenvalue weighted by atomic mass is 10.0. The van der Waals surface area contributed by atoms with Gasteiger partial charge in [0.2, 0.25) is 0 Å². The van der Waals surface area contributed by atoms with Gasteiger partial charge < -0.3 is 9.79 Å². The maximum absolute atomic E-state index is 11.8. The molecule has 6 rings (SSSR count). The summed E-state index contributed by atoms with van der Waals surface area (Å²) in [5.41, 5.74) is 2.90. The molecular weight excluding hydrogens is 704 g/mol. The third-order valence-electron chi connectivity index (χ3n) is 8.01. The Bertz CT molecular complexity index is 1890. The van der Waals surface area contributed by atoms with E-state index in [1.807, 2.05) is 40.1 Å². The van der Waals surface area contributed by atoms with E-state index in [0.29, 0.717) is 0 Å². The molecule has 0 amide bonds. The molecule has 0 atom stereocenters. The summed E-state index contributed by atoms with van der Waals surface area (Å²) in [5, 5.41) is 2.15. The quantitative estimate of drug-likeness (QED) is 0.0767. The first-order valence-corrected chi connectivity index (χ1v) is 22.6. The number of unbranched alkanes of at least 4 members (excludes halogenated alkanes) is 6. The lowest BCUT2D eigenvalue weighted by Crippen LogP contribution is -1.94. The summed E-state index contributed by atoms with van der Waals surface area (Å²) in [7, 11) is -4.25. The minimum absolute atomic E-state index is 0.125. The highest BCUT2D eigenvalue weighted by Gasteiger charge is 2.22. The molecule has 6 aromatic heterocycles. The maximum Gasteiger partial charge on any atom is 0.366 e. The van der Waals surface area contributed by atoms with Gasteiger partial charge in [-0.25, -0.2) is 0 Å². The molecule has 46 heavy (non-hydrogen) atoms. The summed E-state index contributed by atoms with van der Waals surface area (Å²) in [6, 6.07) is 21.6. The molecule has 0 saturated carbocycles. The molecule has 0 aliphatic rings. The molecule has 0 aliphatic heterocycles. The average Bonchev–Trinajstić information content (AvgIpc) is 3.87. The Labute approximate surface area is 296 Å². The van der Waals surface area contributed by atoms with Gasteiger partial charge in [0.1, 0.15) is 4.62 Å². The van der Waals surface area contributed by atoms with Gasteiger partial charge in [0.05, 0.1) is 0 Å². The highest BCUT2D eigenvalue weighted by molar-refractivity contribution is 7.67. The van der Waals surface area contributed by atoms with Crippen molar-refractivity contribution in [2.24, 2.45) is 0 Å². The molecule has 0 unspecified atom stereocenters. The van der Waals surface area contributed by atoms with E-state index in [4.69, 9.17) is 0 Å². The predicted octanol–water partition coefficient (Wildman–Crippen LogP) is 13.4. The Balaban J connectivity index is 1.34. The van der Waals surface area contributed by atoms with Gasteiger partial charge in [0.15, 0.2) is 0 Å². The summed E-state index contributed by atoms with van der Waals surface area (Å²) in [4.78, 5) is 32.0. The Kier molecular flexibility index (Phi) is 11.7. The van der Waals surface area contributed by atoms with E-state index in [-0.39, 0.29) is 4.62 Å². The zero-order chi connectivity index (χ0) is 32.1. The first-order valence-electron chi connectivity index (χ1n) is 16.0. The largest absolute Gasteiger partial charge is 0.366 e. The first-order chi connectivity index (χ1) is 22.3. The van der Waals surface area contributed by atoms with E-state index in [9.17, 15) is 14.4 Å². The van der Waals surface area contributed by atoms with Gasteiger partial charge in [-0.3, -0.25) is 4.57 Å². The van der Waals surface area contributed by atoms with Crippen LogP contribution in [-0.2, 0) is 17.4 Å². The molecule has 242 valence electrons. The van der Waals surface area contributed by atoms with E-state index in [1.54, 1.807) is 28.7 Å². The van der Waals surface area contributed by atoms with Gasteiger partial charge in [-0.1, -0.05) is 58.4 Å². The second kappa shape index (κ2) is 15.7. The highest BCUT2D eigenvalue weighted by atomic mass is 32.1. The van der Waals surface area contributed by atoms with E-state index in [0.717, 1.165) is 22.6 Å². The van der Waals surface area contributed by atoms with Gasteiger partial charge >= 0.3 is 7.60 Å². The fourth-order valence-electron chi connectivity index (χ4n) is 5.59. The molecule has 0 aliphatic carbocycles. The molecule has 0 aromatic carbocycles. The van der Waals surface area contributed by atoms with Crippen molar-refractivity contribution in [1.29, 1.82) is 0 Å². The van der Waals surface area contributed by atoms with Crippen LogP contribution < -0.4 is 4.62 Å². The fraction of sp³-hybridized carbons (Fsp3) is 0.333. The molecule has 6 aromatic rings. The van der Waals surface area contributed by atoms with E-state index >= 15 is 0 Å². The van der Waals surface area contributed by atoms with E-state index in [2.05, 4.69) is 67.8 Å². The van der Waals surface area contributed by atoms with Crippen molar-refractivity contribution >= 4 is 80.2 Å². The van der Waals surface area contributed by atoms with Gasteiger partial charge in [0, 0.05) is 48.8 Å². The van der Waals surface area contributed by atoms with Crippen LogP contribution in [0.2, 0.25) is 0 Å². The Morgan fingerprint density at radius 1 is 0.543 bits per heavy atom. The maximum atomic E-state index is 11.8. The van der Waals surface area contributed by atoms with Crippen LogP contribution in [0, 0.1) is 0 Å². The predicted molar refractivity (Wildman–Crippen MR) is 208 cm³/mol. The van der Waals surface area contributed by atoms with Gasteiger partial charge in [-0.05, 0) is 96.8 Å². The second-order valence-electron chi connectivity index (χ2n) is 11.5. The monoisotopic (exact) mass is 742 g/mol. The summed E-state index contributed by atoms with van der Waals surface area (Å²) in [6.07, 6.45) is 12.1. The number of thiophene rings is 6. The Morgan fingerprint density at radius 2 is 1.04 bits per heavy atom. The summed E-state index contributed by atoms with van der Waals surface area (Å²) < 4.78 is 11.9. The molecule has 0 bridgehead atoms. The molecule has 10 heteroatoms. The first kappa shape index (κ1) is 34.2. The summed E-state index contributed by atoms with van der Waals surface area (Å²) in [6.45, 7) is 4.53. The van der Waals surface area contributed by atoms with E-state index < -0.39 is 7.60 Å². The molecule has 0 radical (unpaired) electrons. The minimum atomic E-state index is -4.25. The number of hydrogen-bond donors (Lipinski definition) is 2. The minimum Gasteiger partial charge on any atom is -0.320 e. The van der Waals surface area contributed by atoms with Crippen LogP contribution in [0.5, 0.6) is 0 Å². The van der Waals surface area contributed by atoms with Gasteiger partial charge in [-0.15, -0.1) is 68.0 Å². The molecule has 2 N–H and O–H groups in total. The van der Waals surface area contributed by atoms with Crippen molar-refractivity contribution in [1.82, 2.24) is 0 Å². The van der Waals surface area contributed by atoms with Crippen molar-refractivity contribution in [3.63, 3.8) is 0 Å². The molecular formula is C36H39O3PS6. The number of aryl methyl sites for hydroxylation is 2. The lowest BCUT2D eigenvalue weighted by molar-refractivity contribution is 0.388. The molecule has 0 saturated heterocycles. The Morgan fingerprint density at radius 3 is 1.52 bits per heavy atom. The molecule has 0 spiro atoms. The van der Waals surface area contributed by atoms with Crippen LogP contribution in [0.3, 0.4) is 0 Å². The van der Waals surface area contributed by atoms with Crippen LogP contribution >= 0.6 is 75.6 Å². The van der Waals surface area contributed by atoms with Crippen LogP contribution in [0.1, 0.15) is 76.3 Å². The normalized spacial score (nSPS) is 12.0. The molecule has 6 heterocycles. The standard InChI is InChI=1S/C36H39O3PS6/c1-3-5-7-9-12-24-22-32(45-35(24)30-17-15-27(42-30)26-14-11-21-41-26)33-23-25(13-10-8-6-4-2)36(46-33)31-18-16-28(43-31)29-19-20-34(44-29)40(37,38)39/h11,14-23H,3-10,12-13H2,1-2H3,(H2,37,38,39). The Hall–Kier alpha value is -1.65. The lowest BCUT2D eigenvalue weighted by Gasteiger charge is -2.02. The van der Waals surface area contributed by atoms with Crippen LogP contribution in [0.15, 0.2) is 66.0 Å². The fourth-order valence-corrected chi connectivity index (χ4v) is 13.1. The van der Waals surface area contributed by atoms with Crippen molar-refractivity contribution in [2.45, 2.75) is 78.1 Å². The third kappa shape index (κ3) is 8.13. The smallest absolute Gasteiger partial charge is 0.320 e. The molecule has 0 fully saturated rings. The van der Waals surface area contributed by atoms with Crippen molar-refractivity contribution < 1.29 is 14.4 Å². The SMILES string of the molecule is CCCCCCc1cc(-c2cc(CCCCCC)c(-c3ccc(-c4ccc(P(=O)(O)O)s4)s3)s2)sc1-c1ccc(-c2cccs2)s1. The van der Waals surface area contributed by atoms with Crippen molar-refractivity contribution in [2.75, 3.05) is 0 Å². The zero-order valence-corrected chi connectivity index (χ0v) is 31.9. The van der Waals surface area contributed by atoms with Crippen LogP contribution in [0.25, 0.3) is 48.8 Å². The van der Waals surface area contributed by atoms with Crippen molar-refractivity contribution in [3.05, 3.63) is 77.2 Å². The average molecular weight is 743 g/mol. The highest BCUT2D eigenvalue weighted by Crippen LogP contribution is 2.49. The van der Waals surface area contributed by atoms with Crippen LogP contribution in [-0.4, -0.2) is 9.79 Å². The third-order valence-corrected chi connectivity index (χ3v) is 16.9. The molecule has 3 nitrogen and oxygen atoms in total. The van der Waals surface area contributed by atoms with E-state index in [1.165, 1.54) is 113 Å². The summed E-state index contributed by atoms with van der Waals surface area (Å²) >= 11 is 10.5. The van der Waals surface area contributed by atoms with Gasteiger partial charge in [-0.2, -0.15) is 0 Å². The topological polar surface area (TPSA) is 57.5 Å².